The van der Waals surface area contributed by atoms with Gasteiger partial charge in [0, 0.05) is 21.6 Å². The van der Waals surface area contributed by atoms with Crippen LogP contribution in [0.15, 0.2) is 40.9 Å². The summed E-state index contributed by atoms with van der Waals surface area (Å²) in [5.41, 5.74) is 2.15. The molecule has 3 rings (SSSR count). The van der Waals surface area contributed by atoms with Gasteiger partial charge >= 0.3 is 0 Å². The lowest BCUT2D eigenvalue weighted by atomic mass is 10.1. The van der Waals surface area contributed by atoms with Gasteiger partial charge in [-0.15, -0.1) is 0 Å². The van der Waals surface area contributed by atoms with Gasteiger partial charge in [-0.25, -0.2) is 0 Å². The van der Waals surface area contributed by atoms with E-state index in [0.717, 1.165) is 39.5 Å². The molecule has 1 N–H and O–H groups in total. The van der Waals surface area contributed by atoms with Gasteiger partial charge in [-0.1, -0.05) is 23.2 Å². The quantitative estimate of drug-likeness (QED) is 0.802. The number of anilines is 1. The number of ether oxygens (including phenoxy) is 1. The number of rotatable bonds is 3. The highest BCUT2D eigenvalue weighted by molar-refractivity contribution is 9.10. The SMILES string of the molecule is Clc1ccc2c(c1)CC(CNc1ccc(Br)c(Cl)c1)O2. The van der Waals surface area contributed by atoms with Gasteiger partial charge in [-0.05, 0) is 57.9 Å². The van der Waals surface area contributed by atoms with E-state index in [4.69, 9.17) is 27.9 Å². The van der Waals surface area contributed by atoms with Crippen molar-refractivity contribution in [3.8, 4) is 5.75 Å². The normalized spacial score (nSPS) is 16.6. The van der Waals surface area contributed by atoms with E-state index in [9.17, 15) is 0 Å². The van der Waals surface area contributed by atoms with Crippen molar-refractivity contribution in [1.29, 1.82) is 0 Å². The van der Waals surface area contributed by atoms with Crippen molar-refractivity contribution in [3.63, 3.8) is 0 Å². The first-order valence-corrected chi connectivity index (χ1v) is 7.81. The van der Waals surface area contributed by atoms with Crippen molar-refractivity contribution in [2.45, 2.75) is 12.5 Å². The molecular weight excluding hydrogens is 361 g/mol. The van der Waals surface area contributed by atoms with Gasteiger partial charge in [0.05, 0.1) is 11.6 Å². The highest BCUT2D eigenvalue weighted by Gasteiger charge is 2.22. The summed E-state index contributed by atoms with van der Waals surface area (Å²) in [6.07, 6.45) is 0.985. The maximum absolute atomic E-state index is 6.07. The van der Waals surface area contributed by atoms with E-state index in [1.54, 1.807) is 0 Å². The molecule has 1 aliphatic heterocycles. The average molecular weight is 373 g/mol. The van der Waals surface area contributed by atoms with E-state index in [0.29, 0.717) is 5.02 Å². The summed E-state index contributed by atoms with van der Waals surface area (Å²) in [6, 6.07) is 11.5. The maximum atomic E-state index is 6.07. The Kier molecular flexibility index (Phi) is 4.11. The monoisotopic (exact) mass is 371 g/mol. The van der Waals surface area contributed by atoms with Crippen LogP contribution in [0, 0.1) is 0 Å². The fraction of sp³-hybridized carbons (Fsp3) is 0.200. The van der Waals surface area contributed by atoms with Crippen LogP contribution in [0.4, 0.5) is 5.69 Å². The van der Waals surface area contributed by atoms with Crippen molar-refractivity contribution in [3.05, 3.63) is 56.5 Å². The molecule has 1 aliphatic rings. The zero-order valence-corrected chi connectivity index (χ0v) is 13.6. The minimum atomic E-state index is 0.117. The van der Waals surface area contributed by atoms with E-state index in [1.165, 1.54) is 0 Å². The van der Waals surface area contributed by atoms with Gasteiger partial charge in [-0.2, -0.15) is 0 Å². The Hall–Kier alpha value is -0.900. The zero-order chi connectivity index (χ0) is 14.1. The Bertz CT molecular complexity index is 648. The Morgan fingerprint density at radius 2 is 2.05 bits per heavy atom. The molecule has 104 valence electrons. The molecule has 2 nitrogen and oxygen atoms in total. The van der Waals surface area contributed by atoms with Crippen LogP contribution in [0.3, 0.4) is 0 Å². The van der Waals surface area contributed by atoms with Crippen molar-refractivity contribution in [1.82, 2.24) is 0 Å². The van der Waals surface area contributed by atoms with Crippen LogP contribution < -0.4 is 10.1 Å². The van der Waals surface area contributed by atoms with Gasteiger partial charge < -0.3 is 10.1 Å². The molecule has 20 heavy (non-hydrogen) atoms. The summed E-state index contributed by atoms with van der Waals surface area (Å²) in [4.78, 5) is 0. The van der Waals surface area contributed by atoms with Gasteiger partial charge in [-0.3, -0.25) is 0 Å². The number of fused-ring (bicyclic) bond motifs is 1. The predicted molar refractivity (Wildman–Crippen MR) is 87.2 cm³/mol. The number of benzene rings is 2. The third-order valence-electron chi connectivity index (χ3n) is 3.22. The number of hydrogen-bond donors (Lipinski definition) is 1. The second-order valence-electron chi connectivity index (χ2n) is 4.71. The molecule has 0 aromatic heterocycles. The van der Waals surface area contributed by atoms with Crippen molar-refractivity contribution < 1.29 is 4.74 Å². The summed E-state index contributed by atoms with van der Waals surface area (Å²) >= 11 is 15.4. The largest absolute Gasteiger partial charge is 0.488 e. The molecule has 5 heteroatoms. The number of nitrogens with one attached hydrogen (secondary N) is 1. The first-order chi connectivity index (χ1) is 9.61. The molecule has 0 spiro atoms. The van der Waals surface area contributed by atoms with Crippen LogP contribution in [0.5, 0.6) is 5.75 Å². The molecule has 0 saturated carbocycles. The fourth-order valence-electron chi connectivity index (χ4n) is 2.24. The molecule has 2 aromatic rings. The van der Waals surface area contributed by atoms with E-state index in [-0.39, 0.29) is 6.10 Å². The molecule has 0 fully saturated rings. The van der Waals surface area contributed by atoms with E-state index >= 15 is 0 Å². The lowest BCUT2D eigenvalue weighted by Gasteiger charge is -2.13. The van der Waals surface area contributed by atoms with Gasteiger partial charge in [0.15, 0.2) is 0 Å². The lowest BCUT2D eigenvalue weighted by Crippen LogP contribution is -2.23. The molecule has 0 saturated heterocycles. The van der Waals surface area contributed by atoms with Crippen molar-refractivity contribution in [2.24, 2.45) is 0 Å². The standard InChI is InChI=1S/C15H12BrCl2NO/c16-13-3-2-11(7-14(13)18)19-8-12-6-9-5-10(17)1-4-15(9)20-12/h1-5,7,12,19H,6,8H2. The smallest absolute Gasteiger partial charge is 0.123 e. The van der Waals surface area contributed by atoms with Crippen LogP contribution in [0.25, 0.3) is 0 Å². The van der Waals surface area contributed by atoms with Crippen LogP contribution in [0.2, 0.25) is 10.0 Å². The zero-order valence-electron chi connectivity index (χ0n) is 10.5. The molecule has 0 bridgehead atoms. The predicted octanol–water partition coefficient (Wildman–Crippen LogP) is 5.17. The van der Waals surface area contributed by atoms with E-state index < -0.39 is 0 Å². The first-order valence-electron chi connectivity index (χ1n) is 6.26. The second-order valence-corrected chi connectivity index (χ2v) is 6.40. The molecule has 2 aromatic carbocycles. The highest BCUT2D eigenvalue weighted by Crippen LogP contribution is 2.31. The molecule has 1 unspecified atom stereocenters. The molecule has 1 heterocycles. The van der Waals surface area contributed by atoms with Gasteiger partial charge in [0.2, 0.25) is 0 Å². The van der Waals surface area contributed by atoms with Crippen molar-refractivity contribution in [2.75, 3.05) is 11.9 Å². The topological polar surface area (TPSA) is 21.3 Å². The summed E-state index contributed by atoms with van der Waals surface area (Å²) in [6.45, 7) is 0.726. The minimum Gasteiger partial charge on any atom is -0.488 e. The number of hydrogen-bond acceptors (Lipinski definition) is 2. The first kappa shape index (κ1) is 14.1. The van der Waals surface area contributed by atoms with Crippen LogP contribution in [-0.4, -0.2) is 12.6 Å². The van der Waals surface area contributed by atoms with Gasteiger partial charge in [0.1, 0.15) is 11.9 Å². The van der Waals surface area contributed by atoms with Crippen LogP contribution >= 0.6 is 39.1 Å². The maximum Gasteiger partial charge on any atom is 0.123 e. The van der Waals surface area contributed by atoms with Crippen LogP contribution in [0.1, 0.15) is 5.56 Å². The van der Waals surface area contributed by atoms with E-state index in [1.807, 2.05) is 36.4 Å². The van der Waals surface area contributed by atoms with Crippen LogP contribution in [-0.2, 0) is 6.42 Å². The Labute approximate surface area is 136 Å². The average Bonchev–Trinajstić information content (AvgIpc) is 2.82. The second kappa shape index (κ2) is 5.84. The Morgan fingerprint density at radius 3 is 2.85 bits per heavy atom. The summed E-state index contributed by atoms with van der Waals surface area (Å²) < 4.78 is 6.77. The van der Waals surface area contributed by atoms with Crippen molar-refractivity contribution >= 4 is 44.8 Å². The molecule has 0 radical (unpaired) electrons. The number of halogens is 3. The molecular formula is C15H12BrCl2NO. The third-order valence-corrected chi connectivity index (χ3v) is 4.68. The molecule has 0 aliphatic carbocycles. The molecule has 1 atom stereocenters. The lowest BCUT2D eigenvalue weighted by molar-refractivity contribution is 0.246. The molecule has 0 amide bonds. The summed E-state index contributed by atoms with van der Waals surface area (Å²) in [5, 5.41) is 4.78. The Morgan fingerprint density at radius 1 is 1.20 bits per heavy atom. The minimum absolute atomic E-state index is 0.117. The van der Waals surface area contributed by atoms with Gasteiger partial charge in [0.25, 0.3) is 0 Å². The highest BCUT2D eigenvalue weighted by atomic mass is 79.9. The Balaban J connectivity index is 1.62. The summed E-state index contributed by atoms with van der Waals surface area (Å²) in [5.74, 6) is 0.926. The third kappa shape index (κ3) is 3.05. The fourth-order valence-corrected chi connectivity index (χ4v) is 2.86. The summed E-state index contributed by atoms with van der Waals surface area (Å²) in [7, 11) is 0. The van der Waals surface area contributed by atoms with E-state index in [2.05, 4.69) is 21.2 Å².